The smallest absolute Gasteiger partial charge is 0.0916 e. The van der Waals surface area contributed by atoms with Crippen LogP contribution in [0.15, 0.2) is 18.2 Å². The SMILES string of the molecule is NCC=Cc1ccc(N2CCOCC2)s1. The van der Waals surface area contributed by atoms with Crippen molar-refractivity contribution in [1.82, 2.24) is 0 Å². The molecule has 3 nitrogen and oxygen atoms in total. The number of morpholine rings is 1. The molecule has 1 aromatic heterocycles. The molecule has 1 aromatic rings. The molecule has 2 N–H and O–H groups in total. The van der Waals surface area contributed by atoms with Gasteiger partial charge in [-0.15, -0.1) is 11.3 Å². The summed E-state index contributed by atoms with van der Waals surface area (Å²) in [5, 5.41) is 1.33. The number of ether oxygens (including phenoxy) is 1. The Morgan fingerprint density at radius 3 is 2.93 bits per heavy atom. The largest absolute Gasteiger partial charge is 0.378 e. The number of nitrogens with two attached hydrogens (primary N) is 1. The summed E-state index contributed by atoms with van der Waals surface area (Å²) in [6, 6.07) is 4.31. The predicted molar refractivity (Wildman–Crippen MR) is 65.4 cm³/mol. The maximum absolute atomic E-state index is 5.42. The second-order valence-corrected chi connectivity index (χ2v) is 4.51. The van der Waals surface area contributed by atoms with Crippen LogP contribution in [0.1, 0.15) is 4.88 Å². The minimum Gasteiger partial charge on any atom is -0.378 e. The summed E-state index contributed by atoms with van der Waals surface area (Å²) in [4.78, 5) is 3.63. The van der Waals surface area contributed by atoms with Crippen LogP contribution in [0.5, 0.6) is 0 Å². The summed E-state index contributed by atoms with van der Waals surface area (Å²) in [5.74, 6) is 0. The highest BCUT2D eigenvalue weighted by Gasteiger charge is 2.12. The molecular weight excluding hydrogens is 208 g/mol. The lowest BCUT2D eigenvalue weighted by atomic mass is 10.4. The number of anilines is 1. The van der Waals surface area contributed by atoms with E-state index in [1.54, 1.807) is 0 Å². The van der Waals surface area contributed by atoms with Crippen LogP contribution in [-0.4, -0.2) is 32.8 Å². The fourth-order valence-electron chi connectivity index (χ4n) is 1.57. The van der Waals surface area contributed by atoms with Crippen LogP contribution < -0.4 is 10.6 Å². The molecule has 0 unspecified atom stereocenters. The third-order valence-corrected chi connectivity index (χ3v) is 3.46. The van der Waals surface area contributed by atoms with E-state index in [0.717, 1.165) is 26.3 Å². The Morgan fingerprint density at radius 1 is 1.40 bits per heavy atom. The van der Waals surface area contributed by atoms with Gasteiger partial charge in [-0.05, 0) is 18.2 Å². The van der Waals surface area contributed by atoms with Crippen LogP contribution in [0.25, 0.3) is 6.08 Å². The Hall–Kier alpha value is -0.840. The molecular formula is C11H16N2OS. The molecule has 1 aliphatic rings. The Morgan fingerprint density at radius 2 is 2.20 bits per heavy atom. The number of hydrogen-bond donors (Lipinski definition) is 1. The van der Waals surface area contributed by atoms with Gasteiger partial charge in [0.2, 0.25) is 0 Å². The maximum atomic E-state index is 5.42. The molecule has 4 heteroatoms. The summed E-state index contributed by atoms with van der Waals surface area (Å²) in [5.41, 5.74) is 5.42. The maximum Gasteiger partial charge on any atom is 0.0916 e. The van der Waals surface area contributed by atoms with Crippen LogP contribution in [0.3, 0.4) is 0 Å². The molecule has 15 heavy (non-hydrogen) atoms. The molecule has 2 heterocycles. The summed E-state index contributed by atoms with van der Waals surface area (Å²) >= 11 is 1.81. The van der Waals surface area contributed by atoms with E-state index in [4.69, 9.17) is 10.5 Å². The fraction of sp³-hybridized carbons (Fsp3) is 0.455. The van der Waals surface area contributed by atoms with Crippen molar-refractivity contribution in [2.45, 2.75) is 0 Å². The van der Waals surface area contributed by atoms with Crippen molar-refractivity contribution in [1.29, 1.82) is 0 Å². The summed E-state index contributed by atoms with van der Waals surface area (Å²) in [6.07, 6.45) is 4.06. The highest BCUT2D eigenvalue weighted by molar-refractivity contribution is 7.16. The van der Waals surface area contributed by atoms with E-state index in [1.807, 2.05) is 17.4 Å². The van der Waals surface area contributed by atoms with E-state index < -0.39 is 0 Å². The zero-order valence-electron chi connectivity index (χ0n) is 8.69. The van der Waals surface area contributed by atoms with Crippen molar-refractivity contribution in [3.05, 3.63) is 23.1 Å². The Kier molecular flexibility index (Phi) is 3.77. The van der Waals surface area contributed by atoms with E-state index in [9.17, 15) is 0 Å². The van der Waals surface area contributed by atoms with E-state index in [2.05, 4.69) is 23.1 Å². The van der Waals surface area contributed by atoms with E-state index >= 15 is 0 Å². The van der Waals surface area contributed by atoms with Gasteiger partial charge in [0, 0.05) is 24.5 Å². The van der Waals surface area contributed by atoms with Crippen LogP contribution in [0, 0.1) is 0 Å². The summed E-state index contributed by atoms with van der Waals surface area (Å²) in [7, 11) is 0. The minimum atomic E-state index is 0.602. The molecule has 0 aromatic carbocycles. The first kappa shape index (κ1) is 10.7. The van der Waals surface area contributed by atoms with Crippen molar-refractivity contribution in [3.8, 4) is 0 Å². The monoisotopic (exact) mass is 224 g/mol. The lowest BCUT2D eigenvalue weighted by Crippen LogP contribution is -2.35. The summed E-state index contributed by atoms with van der Waals surface area (Å²) in [6.45, 7) is 4.28. The highest BCUT2D eigenvalue weighted by Crippen LogP contribution is 2.27. The van der Waals surface area contributed by atoms with Gasteiger partial charge in [-0.25, -0.2) is 0 Å². The average molecular weight is 224 g/mol. The molecule has 0 spiro atoms. The molecule has 0 radical (unpaired) electrons. The zero-order valence-corrected chi connectivity index (χ0v) is 9.50. The Balaban J connectivity index is 2.02. The van der Waals surface area contributed by atoms with Gasteiger partial charge in [-0.2, -0.15) is 0 Å². The standard InChI is InChI=1S/C11H16N2OS/c12-5-1-2-10-3-4-11(15-10)13-6-8-14-9-7-13/h1-4H,5-9,12H2. The molecule has 1 aliphatic heterocycles. The van der Waals surface area contributed by atoms with Crippen LogP contribution in [0.4, 0.5) is 5.00 Å². The van der Waals surface area contributed by atoms with Crippen molar-refractivity contribution >= 4 is 22.4 Å². The van der Waals surface area contributed by atoms with Crippen molar-refractivity contribution in [2.24, 2.45) is 5.73 Å². The predicted octanol–water partition coefficient (Wildman–Crippen LogP) is 1.56. The van der Waals surface area contributed by atoms with E-state index in [1.165, 1.54) is 9.88 Å². The normalized spacial score (nSPS) is 17.5. The Bertz CT molecular complexity index is 329. The van der Waals surface area contributed by atoms with E-state index in [-0.39, 0.29) is 0 Å². The average Bonchev–Trinajstić information content (AvgIpc) is 2.76. The fourth-order valence-corrected chi connectivity index (χ4v) is 2.56. The second kappa shape index (κ2) is 5.30. The molecule has 0 saturated carbocycles. The van der Waals surface area contributed by atoms with Crippen LogP contribution >= 0.6 is 11.3 Å². The number of hydrogen-bond acceptors (Lipinski definition) is 4. The van der Waals surface area contributed by atoms with Crippen molar-refractivity contribution < 1.29 is 4.74 Å². The summed E-state index contributed by atoms with van der Waals surface area (Å²) < 4.78 is 5.33. The van der Waals surface area contributed by atoms with Crippen LogP contribution in [-0.2, 0) is 4.74 Å². The van der Waals surface area contributed by atoms with Crippen molar-refractivity contribution in [3.63, 3.8) is 0 Å². The number of nitrogens with zero attached hydrogens (tertiary/aromatic N) is 1. The Labute approximate surface area is 94.1 Å². The lowest BCUT2D eigenvalue weighted by molar-refractivity contribution is 0.123. The molecule has 0 aliphatic carbocycles. The van der Waals surface area contributed by atoms with Gasteiger partial charge in [0.15, 0.2) is 0 Å². The molecule has 1 saturated heterocycles. The molecule has 82 valence electrons. The molecule has 0 amide bonds. The minimum absolute atomic E-state index is 0.602. The first-order valence-corrected chi connectivity index (χ1v) is 6.01. The topological polar surface area (TPSA) is 38.5 Å². The van der Waals surface area contributed by atoms with Crippen LogP contribution in [0.2, 0.25) is 0 Å². The first-order valence-electron chi connectivity index (χ1n) is 5.19. The third-order valence-electron chi connectivity index (χ3n) is 2.35. The molecule has 0 atom stereocenters. The first-order chi connectivity index (χ1) is 7.40. The lowest BCUT2D eigenvalue weighted by Gasteiger charge is -2.27. The second-order valence-electron chi connectivity index (χ2n) is 3.41. The number of rotatable bonds is 3. The number of thiophene rings is 1. The quantitative estimate of drug-likeness (QED) is 0.846. The van der Waals surface area contributed by atoms with E-state index in [0.29, 0.717) is 6.54 Å². The van der Waals surface area contributed by atoms with Gasteiger partial charge in [0.1, 0.15) is 0 Å². The highest BCUT2D eigenvalue weighted by atomic mass is 32.1. The van der Waals surface area contributed by atoms with Gasteiger partial charge in [0.05, 0.1) is 18.2 Å². The van der Waals surface area contributed by atoms with Gasteiger partial charge in [-0.1, -0.05) is 6.08 Å². The molecule has 1 fully saturated rings. The molecule has 0 bridgehead atoms. The van der Waals surface area contributed by atoms with Gasteiger partial charge in [-0.3, -0.25) is 0 Å². The molecule has 2 rings (SSSR count). The van der Waals surface area contributed by atoms with Crippen molar-refractivity contribution in [2.75, 3.05) is 37.7 Å². The van der Waals surface area contributed by atoms with Gasteiger partial charge in [0.25, 0.3) is 0 Å². The van der Waals surface area contributed by atoms with Gasteiger partial charge < -0.3 is 15.4 Å². The third kappa shape index (κ3) is 2.81. The van der Waals surface area contributed by atoms with Gasteiger partial charge >= 0.3 is 0 Å². The zero-order chi connectivity index (χ0) is 10.5.